The Labute approximate surface area is 229 Å². The van der Waals surface area contributed by atoms with Gasteiger partial charge in [-0.3, -0.25) is 19.5 Å². The monoisotopic (exact) mass is 594 g/mol. The number of nitrogens with zero attached hydrogens (tertiary/aromatic N) is 5. The quantitative estimate of drug-likeness (QED) is 0.218. The molecule has 0 radical (unpaired) electrons. The van der Waals surface area contributed by atoms with Gasteiger partial charge in [-0.1, -0.05) is 6.07 Å². The van der Waals surface area contributed by atoms with Gasteiger partial charge >= 0.3 is 20.1 Å². The molecule has 41 heavy (non-hydrogen) atoms. The van der Waals surface area contributed by atoms with Gasteiger partial charge in [-0.05, 0) is 48.9 Å². The van der Waals surface area contributed by atoms with Crippen molar-refractivity contribution in [2.24, 2.45) is 7.05 Å². The van der Waals surface area contributed by atoms with Crippen LogP contribution in [0.1, 0.15) is 29.0 Å². The van der Waals surface area contributed by atoms with E-state index in [1.54, 1.807) is 29.9 Å². The van der Waals surface area contributed by atoms with Gasteiger partial charge in [-0.25, -0.2) is 13.9 Å². The van der Waals surface area contributed by atoms with Crippen LogP contribution >= 0.6 is 7.82 Å². The van der Waals surface area contributed by atoms with E-state index < -0.39 is 38.4 Å². The van der Waals surface area contributed by atoms with Crippen molar-refractivity contribution in [1.29, 1.82) is 0 Å². The number of hydrogen-bond acceptors (Lipinski definition) is 7. The van der Waals surface area contributed by atoms with E-state index in [0.29, 0.717) is 27.7 Å². The Bertz CT molecular complexity index is 1700. The van der Waals surface area contributed by atoms with E-state index >= 15 is 0 Å². The van der Waals surface area contributed by atoms with Gasteiger partial charge in [0.2, 0.25) is 6.79 Å². The number of ether oxygens (including phenoxy) is 1. The molecule has 0 spiro atoms. The van der Waals surface area contributed by atoms with Crippen LogP contribution in [0.15, 0.2) is 48.7 Å². The van der Waals surface area contributed by atoms with E-state index in [-0.39, 0.29) is 24.1 Å². The number of phosphoric acid groups is 1. The third-order valence-corrected chi connectivity index (χ3v) is 6.85. The maximum atomic E-state index is 13.6. The lowest BCUT2D eigenvalue weighted by Gasteiger charge is -2.32. The zero-order valence-electron chi connectivity index (χ0n) is 21.4. The number of carbonyl (C=O) groups is 2. The molecule has 3 N–H and O–H groups in total. The number of nitrogens with one attached hydrogen (secondary N) is 1. The predicted octanol–water partition coefficient (Wildman–Crippen LogP) is 4.29. The lowest BCUT2D eigenvalue weighted by atomic mass is 10.0. The summed E-state index contributed by atoms with van der Waals surface area (Å²) in [6.45, 7) is 1.08. The molecule has 0 unspecified atom stereocenters. The molecule has 1 aliphatic rings. The number of phosphoric ester groups is 1. The number of carbonyl (C=O) groups excluding carboxylic acids is 2. The molecule has 1 atom stereocenters. The molecule has 4 aromatic rings. The van der Waals surface area contributed by atoms with Gasteiger partial charge in [-0.15, -0.1) is 0 Å². The molecule has 2 aromatic heterocycles. The first-order valence-corrected chi connectivity index (χ1v) is 13.4. The fourth-order valence-corrected chi connectivity index (χ4v) is 4.71. The Morgan fingerprint density at radius 2 is 1.90 bits per heavy atom. The average molecular weight is 594 g/mol. The van der Waals surface area contributed by atoms with Crippen LogP contribution in [0.5, 0.6) is 0 Å². The average Bonchev–Trinajstić information content (AvgIpc) is 3.47. The van der Waals surface area contributed by atoms with Gasteiger partial charge in [0, 0.05) is 30.2 Å². The SMILES string of the molecule is C[C@H]1CN(c2ccc(C(F)(F)F)cc2)C(=O)c2c(-c3ccc4c(NC(=O)OCOP(=O)(O)O)nn(C)c4c3)cnn21. The molecule has 0 fully saturated rings. The molecule has 216 valence electrons. The van der Waals surface area contributed by atoms with E-state index in [2.05, 4.69) is 24.8 Å². The summed E-state index contributed by atoms with van der Waals surface area (Å²) in [6.07, 6.45) is -4.02. The fraction of sp³-hybridized carbons (Fsp3) is 0.250. The first-order chi connectivity index (χ1) is 19.2. The number of fused-ring (bicyclic) bond motifs is 2. The summed E-state index contributed by atoms with van der Waals surface area (Å²) in [4.78, 5) is 44.4. The number of aryl methyl sites for hydroxylation is 1. The topological polar surface area (TPSA) is 161 Å². The van der Waals surface area contributed by atoms with Crippen molar-refractivity contribution in [1.82, 2.24) is 19.6 Å². The minimum atomic E-state index is -4.82. The highest BCUT2D eigenvalue weighted by Crippen LogP contribution is 2.37. The van der Waals surface area contributed by atoms with Gasteiger partial charge in [0.15, 0.2) is 5.82 Å². The molecule has 13 nitrogen and oxygen atoms in total. The second kappa shape index (κ2) is 10.3. The molecule has 1 aliphatic heterocycles. The van der Waals surface area contributed by atoms with Gasteiger partial charge in [0.1, 0.15) is 5.69 Å². The summed E-state index contributed by atoms with van der Waals surface area (Å²) in [5, 5.41) is 11.5. The summed E-state index contributed by atoms with van der Waals surface area (Å²) < 4.78 is 61.5. The van der Waals surface area contributed by atoms with Crippen molar-refractivity contribution < 1.29 is 46.4 Å². The van der Waals surface area contributed by atoms with Crippen molar-refractivity contribution in [3.8, 4) is 11.1 Å². The van der Waals surface area contributed by atoms with Crippen LogP contribution in [0.4, 0.5) is 29.5 Å². The van der Waals surface area contributed by atoms with Crippen molar-refractivity contribution in [2.75, 3.05) is 23.6 Å². The van der Waals surface area contributed by atoms with Gasteiger partial charge in [0.05, 0.1) is 23.3 Å². The maximum absolute atomic E-state index is 13.6. The first-order valence-electron chi connectivity index (χ1n) is 11.9. The molecule has 0 aliphatic carbocycles. The van der Waals surface area contributed by atoms with Gasteiger partial charge < -0.3 is 19.4 Å². The minimum Gasteiger partial charge on any atom is -0.421 e. The molecule has 17 heteroatoms. The zero-order valence-corrected chi connectivity index (χ0v) is 22.3. The highest BCUT2D eigenvalue weighted by atomic mass is 31.2. The van der Waals surface area contributed by atoms with Crippen LogP contribution in [0, 0.1) is 0 Å². The Kier molecular flexibility index (Phi) is 7.11. The summed E-state index contributed by atoms with van der Waals surface area (Å²) in [7, 11) is -3.20. The van der Waals surface area contributed by atoms with Crippen LogP contribution in [0.2, 0.25) is 0 Å². The Morgan fingerprint density at radius 1 is 1.20 bits per heavy atom. The fourth-order valence-electron chi connectivity index (χ4n) is 4.52. The molecular weight excluding hydrogens is 572 g/mol. The van der Waals surface area contributed by atoms with Gasteiger partial charge in [-0.2, -0.15) is 23.4 Å². The largest absolute Gasteiger partial charge is 0.472 e. The van der Waals surface area contributed by atoms with E-state index in [9.17, 15) is 27.3 Å². The van der Waals surface area contributed by atoms with Crippen LogP contribution in [0.3, 0.4) is 0 Å². The maximum Gasteiger partial charge on any atom is 0.472 e. The second-order valence-corrected chi connectivity index (χ2v) is 10.4. The number of amides is 2. The van der Waals surface area contributed by atoms with Crippen LogP contribution in [-0.2, 0) is 27.0 Å². The molecule has 0 bridgehead atoms. The third-order valence-electron chi connectivity index (χ3n) is 6.41. The van der Waals surface area contributed by atoms with Crippen molar-refractivity contribution in [3.05, 3.63) is 59.9 Å². The Balaban J connectivity index is 1.42. The number of anilines is 2. The van der Waals surface area contributed by atoms with Gasteiger partial charge in [0.25, 0.3) is 5.91 Å². The number of alkyl halides is 3. The summed E-state index contributed by atoms with van der Waals surface area (Å²) in [5.41, 5.74) is 1.41. The van der Waals surface area contributed by atoms with Crippen molar-refractivity contribution in [2.45, 2.75) is 19.1 Å². The molecule has 0 saturated carbocycles. The highest BCUT2D eigenvalue weighted by molar-refractivity contribution is 7.46. The van der Waals surface area contributed by atoms with Crippen LogP contribution in [0.25, 0.3) is 22.0 Å². The number of hydrogen-bond donors (Lipinski definition) is 3. The summed E-state index contributed by atoms with van der Waals surface area (Å²) in [5.74, 6) is -0.325. The van der Waals surface area contributed by atoms with Crippen LogP contribution < -0.4 is 10.2 Å². The predicted molar refractivity (Wildman–Crippen MR) is 138 cm³/mol. The number of aromatic nitrogens is 4. The molecule has 3 heterocycles. The van der Waals surface area contributed by atoms with Crippen molar-refractivity contribution in [3.63, 3.8) is 0 Å². The van der Waals surface area contributed by atoms with Crippen LogP contribution in [-0.4, -0.2) is 54.7 Å². The summed E-state index contributed by atoms with van der Waals surface area (Å²) >= 11 is 0. The molecule has 0 saturated heterocycles. The summed E-state index contributed by atoms with van der Waals surface area (Å²) in [6, 6.07) is 9.18. The number of benzene rings is 2. The smallest absolute Gasteiger partial charge is 0.421 e. The van der Waals surface area contributed by atoms with E-state index in [4.69, 9.17) is 9.79 Å². The second-order valence-electron chi connectivity index (χ2n) is 9.16. The van der Waals surface area contributed by atoms with E-state index in [1.807, 2.05) is 6.92 Å². The third kappa shape index (κ3) is 5.67. The normalized spacial score (nSPS) is 15.7. The first kappa shape index (κ1) is 28.3. The minimum absolute atomic E-state index is 0.102. The zero-order chi connectivity index (χ0) is 29.7. The molecular formula is C24H22F3N6O7P. The lowest BCUT2D eigenvalue weighted by Crippen LogP contribution is -2.42. The number of halogens is 3. The molecule has 2 aromatic carbocycles. The Hall–Kier alpha value is -4.24. The highest BCUT2D eigenvalue weighted by Gasteiger charge is 2.35. The number of rotatable bonds is 6. The van der Waals surface area contributed by atoms with E-state index in [1.165, 1.54) is 27.9 Å². The standard InChI is InChI=1S/C24H22F3N6O7P/c1-13-11-32(16-6-4-15(5-7-16)24(25,26)27)22(34)20-18(10-28-33(13)20)14-3-8-17-19(9-14)31(2)30-21(17)29-23(35)39-12-40-41(36,37)38/h3-10,13H,11-12H2,1-2H3,(H,29,30,35)(H2,36,37,38)/t13-/m0/s1. The lowest BCUT2D eigenvalue weighted by molar-refractivity contribution is -0.137. The van der Waals surface area contributed by atoms with E-state index in [0.717, 1.165) is 12.1 Å². The van der Waals surface area contributed by atoms with Crippen molar-refractivity contribution >= 4 is 42.2 Å². The molecule has 2 amide bonds. The molecule has 5 rings (SSSR count). The Morgan fingerprint density at radius 3 is 2.56 bits per heavy atom.